The molecule has 1 aliphatic rings. The van der Waals surface area contributed by atoms with Gasteiger partial charge in [0.05, 0.1) is 6.07 Å². The smallest absolute Gasteiger partial charge is 0.153 e. The summed E-state index contributed by atoms with van der Waals surface area (Å²) in [5.41, 5.74) is -0.622. The average molecular weight is 193 g/mol. The summed E-state index contributed by atoms with van der Waals surface area (Å²) < 4.78 is 0. The second-order valence-corrected chi connectivity index (χ2v) is 4.76. The summed E-state index contributed by atoms with van der Waals surface area (Å²) >= 11 is 0. The molecule has 2 nitrogen and oxygen atoms in total. The Morgan fingerprint density at radius 1 is 1.50 bits per heavy atom. The van der Waals surface area contributed by atoms with E-state index in [0.717, 1.165) is 32.1 Å². The highest BCUT2D eigenvalue weighted by Gasteiger charge is 2.39. The lowest BCUT2D eigenvalue weighted by Crippen LogP contribution is -2.33. The van der Waals surface area contributed by atoms with Crippen molar-refractivity contribution in [1.82, 2.24) is 0 Å². The number of carbonyl (C=O) groups is 1. The Morgan fingerprint density at radius 3 is 2.71 bits per heavy atom. The van der Waals surface area contributed by atoms with E-state index in [1.165, 1.54) is 0 Å². The van der Waals surface area contributed by atoms with Crippen LogP contribution in [0.15, 0.2) is 0 Å². The van der Waals surface area contributed by atoms with Gasteiger partial charge in [-0.05, 0) is 31.6 Å². The molecular weight excluding hydrogens is 174 g/mol. The topological polar surface area (TPSA) is 40.9 Å². The van der Waals surface area contributed by atoms with Crippen molar-refractivity contribution in [2.45, 2.75) is 52.4 Å². The minimum absolute atomic E-state index is 0.187. The standard InChI is InChI=1S/C12H19NO/c1-10(2)6-8-12(9-13)7-4-3-5-11(12)14/h10H,3-8H2,1-2H3. The monoisotopic (exact) mass is 193 g/mol. The van der Waals surface area contributed by atoms with Gasteiger partial charge in [-0.3, -0.25) is 4.79 Å². The van der Waals surface area contributed by atoms with E-state index in [-0.39, 0.29) is 5.78 Å². The van der Waals surface area contributed by atoms with Gasteiger partial charge in [0, 0.05) is 6.42 Å². The van der Waals surface area contributed by atoms with Gasteiger partial charge in [0.15, 0.2) is 5.78 Å². The Labute approximate surface area is 86.3 Å². The molecule has 14 heavy (non-hydrogen) atoms. The second-order valence-electron chi connectivity index (χ2n) is 4.76. The zero-order valence-corrected chi connectivity index (χ0v) is 9.18. The van der Waals surface area contributed by atoms with Crippen LogP contribution in [0, 0.1) is 22.7 Å². The molecule has 0 saturated heterocycles. The fraction of sp³-hybridized carbons (Fsp3) is 0.833. The van der Waals surface area contributed by atoms with Gasteiger partial charge in [0.2, 0.25) is 0 Å². The largest absolute Gasteiger partial charge is 0.298 e. The van der Waals surface area contributed by atoms with Gasteiger partial charge in [-0.2, -0.15) is 5.26 Å². The van der Waals surface area contributed by atoms with Gasteiger partial charge in [-0.15, -0.1) is 0 Å². The predicted molar refractivity (Wildman–Crippen MR) is 55.6 cm³/mol. The third kappa shape index (κ3) is 2.35. The first-order valence-electron chi connectivity index (χ1n) is 5.55. The van der Waals surface area contributed by atoms with Gasteiger partial charge in [-0.1, -0.05) is 20.3 Å². The van der Waals surface area contributed by atoms with E-state index in [1.807, 2.05) is 0 Å². The van der Waals surface area contributed by atoms with E-state index in [9.17, 15) is 4.79 Å². The van der Waals surface area contributed by atoms with Crippen LogP contribution < -0.4 is 0 Å². The van der Waals surface area contributed by atoms with Crippen LogP contribution in [0.5, 0.6) is 0 Å². The van der Waals surface area contributed by atoms with E-state index in [2.05, 4.69) is 19.9 Å². The lowest BCUT2D eigenvalue weighted by atomic mass is 9.70. The van der Waals surface area contributed by atoms with Crippen LogP contribution >= 0.6 is 0 Å². The normalized spacial score (nSPS) is 27.7. The molecule has 1 fully saturated rings. The van der Waals surface area contributed by atoms with Crippen molar-refractivity contribution in [3.8, 4) is 6.07 Å². The number of Topliss-reactive ketones (excluding diaryl/α,β-unsaturated/α-hetero) is 1. The maximum atomic E-state index is 11.7. The molecule has 0 amide bonds. The number of ketones is 1. The summed E-state index contributed by atoms with van der Waals surface area (Å²) in [7, 11) is 0. The van der Waals surface area contributed by atoms with Crippen molar-refractivity contribution in [2.24, 2.45) is 11.3 Å². The van der Waals surface area contributed by atoms with Gasteiger partial charge in [-0.25, -0.2) is 0 Å². The Hall–Kier alpha value is -0.840. The summed E-state index contributed by atoms with van der Waals surface area (Å²) in [5.74, 6) is 0.766. The predicted octanol–water partition coefficient (Wildman–Crippen LogP) is 3.08. The zero-order chi connectivity index (χ0) is 10.6. The molecule has 1 aliphatic carbocycles. The Balaban J connectivity index is 2.65. The third-order valence-electron chi connectivity index (χ3n) is 3.15. The Bertz CT molecular complexity index is 252. The van der Waals surface area contributed by atoms with Crippen molar-refractivity contribution in [2.75, 3.05) is 0 Å². The Morgan fingerprint density at radius 2 is 2.21 bits per heavy atom. The lowest BCUT2D eigenvalue weighted by Gasteiger charge is -2.29. The van der Waals surface area contributed by atoms with E-state index in [1.54, 1.807) is 0 Å². The number of nitriles is 1. The van der Waals surface area contributed by atoms with Crippen molar-refractivity contribution in [3.63, 3.8) is 0 Å². The van der Waals surface area contributed by atoms with Crippen molar-refractivity contribution in [3.05, 3.63) is 0 Å². The minimum atomic E-state index is -0.622. The highest BCUT2D eigenvalue weighted by Crippen LogP contribution is 2.37. The fourth-order valence-corrected chi connectivity index (χ4v) is 2.06. The second kappa shape index (κ2) is 4.59. The molecule has 0 heterocycles. The van der Waals surface area contributed by atoms with E-state index < -0.39 is 5.41 Å². The summed E-state index contributed by atoms with van der Waals surface area (Å²) in [6, 6.07) is 2.27. The molecule has 1 rings (SSSR count). The SMILES string of the molecule is CC(C)CCC1(C#N)CCCCC1=O. The molecule has 2 heteroatoms. The van der Waals surface area contributed by atoms with Crippen LogP contribution in [0.4, 0.5) is 0 Å². The number of nitrogens with zero attached hydrogens (tertiary/aromatic N) is 1. The first-order valence-corrected chi connectivity index (χ1v) is 5.55. The number of rotatable bonds is 3. The fourth-order valence-electron chi connectivity index (χ4n) is 2.06. The van der Waals surface area contributed by atoms with Crippen LogP contribution in [0.2, 0.25) is 0 Å². The van der Waals surface area contributed by atoms with Crippen LogP contribution in [0.25, 0.3) is 0 Å². The molecule has 1 unspecified atom stereocenters. The molecule has 0 aromatic rings. The molecule has 0 radical (unpaired) electrons. The lowest BCUT2D eigenvalue weighted by molar-refractivity contribution is -0.128. The van der Waals surface area contributed by atoms with Gasteiger partial charge in [0.1, 0.15) is 5.41 Å². The maximum Gasteiger partial charge on any atom is 0.153 e. The van der Waals surface area contributed by atoms with Crippen LogP contribution in [0.1, 0.15) is 52.4 Å². The first-order chi connectivity index (χ1) is 6.60. The molecule has 78 valence electrons. The summed E-state index contributed by atoms with van der Waals surface area (Å²) in [6.45, 7) is 4.27. The highest BCUT2D eigenvalue weighted by atomic mass is 16.1. The number of carbonyl (C=O) groups excluding carboxylic acids is 1. The number of hydrogen-bond acceptors (Lipinski definition) is 2. The van der Waals surface area contributed by atoms with E-state index in [4.69, 9.17) is 5.26 Å². The van der Waals surface area contributed by atoms with Crippen LogP contribution in [-0.4, -0.2) is 5.78 Å². The molecule has 1 saturated carbocycles. The van der Waals surface area contributed by atoms with Gasteiger partial charge in [0.25, 0.3) is 0 Å². The summed E-state index contributed by atoms with van der Waals surface area (Å²) in [4.78, 5) is 11.7. The molecule has 0 spiro atoms. The Kier molecular flexibility index (Phi) is 3.69. The van der Waals surface area contributed by atoms with Crippen LogP contribution in [0.3, 0.4) is 0 Å². The third-order valence-corrected chi connectivity index (χ3v) is 3.15. The van der Waals surface area contributed by atoms with E-state index >= 15 is 0 Å². The molecule has 0 aliphatic heterocycles. The zero-order valence-electron chi connectivity index (χ0n) is 9.18. The molecular formula is C12H19NO. The highest BCUT2D eigenvalue weighted by molar-refractivity contribution is 5.88. The van der Waals surface area contributed by atoms with Gasteiger partial charge < -0.3 is 0 Å². The maximum absolute atomic E-state index is 11.7. The average Bonchev–Trinajstić information content (AvgIpc) is 2.17. The molecule has 0 N–H and O–H groups in total. The van der Waals surface area contributed by atoms with Crippen molar-refractivity contribution < 1.29 is 4.79 Å². The minimum Gasteiger partial charge on any atom is -0.298 e. The van der Waals surface area contributed by atoms with Crippen molar-refractivity contribution in [1.29, 1.82) is 5.26 Å². The molecule has 0 bridgehead atoms. The van der Waals surface area contributed by atoms with Crippen LogP contribution in [-0.2, 0) is 4.79 Å². The van der Waals surface area contributed by atoms with Gasteiger partial charge >= 0.3 is 0 Å². The quantitative estimate of drug-likeness (QED) is 0.691. The summed E-state index contributed by atoms with van der Waals surface area (Å²) in [6.07, 6.45) is 5.17. The summed E-state index contributed by atoms with van der Waals surface area (Å²) in [5, 5.41) is 9.15. The van der Waals surface area contributed by atoms with E-state index in [0.29, 0.717) is 12.3 Å². The molecule has 0 aromatic carbocycles. The molecule has 0 aromatic heterocycles. The van der Waals surface area contributed by atoms with Crippen molar-refractivity contribution >= 4 is 5.78 Å². The first kappa shape index (κ1) is 11.2. The number of hydrogen-bond donors (Lipinski definition) is 0. The molecule has 1 atom stereocenters.